The Kier molecular flexibility index (Phi) is 7.05. The fourth-order valence-electron chi connectivity index (χ4n) is 2.79. The number of amides is 1. The van der Waals surface area contributed by atoms with Gasteiger partial charge in [-0.25, -0.2) is 0 Å². The maximum Gasteiger partial charge on any atom is 0.255 e. The number of nitrogens with one attached hydrogen (secondary N) is 1. The van der Waals surface area contributed by atoms with Crippen molar-refractivity contribution >= 4 is 21.8 Å². The molecule has 1 amide bonds. The van der Waals surface area contributed by atoms with Crippen LogP contribution in [0.3, 0.4) is 0 Å². The molecule has 0 aromatic heterocycles. The standard InChI is InChI=1S/C23H22BrNO2/c24-20-11-12-22(27-16-14-19-9-5-2-6-10-19)21(17-20)23(26)25-15-13-18-7-3-1-4-8-18/h1-12,17H,13-16H2,(H,25,26). The van der Waals surface area contributed by atoms with Gasteiger partial charge in [-0.15, -0.1) is 0 Å². The van der Waals surface area contributed by atoms with Crippen molar-refractivity contribution in [2.75, 3.05) is 13.2 Å². The summed E-state index contributed by atoms with van der Waals surface area (Å²) in [6.07, 6.45) is 1.59. The van der Waals surface area contributed by atoms with Crippen LogP contribution in [0, 0.1) is 0 Å². The Labute approximate surface area is 168 Å². The van der Waals surface area contributed by atoms with Crippen LogP contribution in [0.5, 0.6) is 5.75 Å². The van der Waals surface area contributed by atoms with Crippen molar-refractivity contribution in [2.24, 2.45) is 0 Å². The molecule has 1 N–H and O–H groups in total. The second-order valence-electron chi connectivity index (χ2n) is 6.22. The number of ether oxygens (including phenoxy) is 1. The van der Waals surface area contributed by atoms with Crippen LogP contribution in [0.15, 0.2) is 83.3 Å². The van der Waals surface area contributed by atoms with E-state index in [4.69, 9.17) is 4.74 Å². The Bertz CT molecular complexity index is 866. The normalized spacial score (nSPS) is 10.4. The number of hydrogen-bond donors (Lipinski definition) is 1. The molecule has 3 nitrogen and oxygen atoms in total. The third-order valence-corrected chi connectivity index (χ3v) is 4.71. The van der Waals surface area contributed by atoms with Gasteiger partial charge in [-0.3, -0.25) is 4.79 Å². The average molecular weight is 424 g/mol. The number of benzene rings is 3. The maximum atomic E-state index is 12.6. The first-order valence-corrected chi connectivity index (χ1v) is 9.80. The van der Waals surface area contributed by atoms with Gasteiger partial charge in [0.1, 0.15) is 5.75 Å². The summed E-state index contributed by atoms with van der Waals surface area (Å²) < 4.78 is 6.75. The van der Waals surface area contributed by atoms with Crippen molar-refractivity contribution in [3.8, 4) is 5.75 Å². The van der Waals surface area contributed by atoms with Crippen molar-refractivity contribution in [1.82, 2.24) is 5.32 Å². The van der Waals surface area contributed by atoms with E-state index >= 15 is 0 Å². The summed E-state index contributed by atoms with van der Waals surface area (Å²) >= 11 is 3.44. The molecule has 27 heavy (non-hydrogen) atoms. The number of hydrogen-bond acceptors (Lipinski definition) is 2. The van der Waals surface area contributed by atoms with Crippen LogP contribution < -0.4 is 10.1 Å². The van der Waals surface area contributed by atoms with E-state index in [2.05, 4.69) is 45.5 Å². The second kappa shape index (κ2) is 9.93. The lowest BCUT2D eigenvalue weighted by Gasteiger charge is -2.12. The number of halogens is 1. The average Bonchev–Trinajstić information content (AvgIpc) is 2.70. The molecule has 0 aliphatic rings. The van der Waals surface area contributed by atoms with Gasteiger partial charge in [0, 0.05) is 17.4 Å². The minimum Gasteiger partial charge on any atom is -0.492 e. The summed E-state index contributed by atoms with van der Waals surface area (Å²) in [6.45, 7) is 1.11. The van der Waals surface area contributed by atoms with Gasteiger partial charge in [0.25, 0.3) is 5.91 Å². The minimum absolute atomic E-state index is 0.123. The lowest BCUT2D eigenvalue weighted by molar-refractivity contribution is 0.0950. The van der Waals surface area contributed by atoms with Gasteiger partial charge in [-0.05, 0) is 35.7 Å². The highest BCUT2D eigenvalue weighted by atomic mass is 79.9. The summed E-state index contributed by atoms with van der Waals surface area (Å²) in [6, 6.07) is 25.8. The van der Waals surface area contributed by atoms with Gasteiger partial charge in [0.2, 0.25) is 0 Å². The molecule has 0 fully saturated rings. The summed E-state index contributed by atoms with van der Waals surface area (Å²) in [5.74, 6) is 0.480. The third kappa shape index (κ3) is 5.97. The molecule has 138 valence electrons. The molecular weight excluding hydrogens is 402 g/mol. The van der Waals surface area contributed by atoms with E-state index < -0.39 is 0 Å². The van der Waals surface area contributed by atoms with E-state index in [1.807, 2.05) is 48.5 Å². The lowest BCUT2D eigenvalue weighted by Crippen LogP contribution is -2.26. The lowest BCUT2D eigenvalue weighted by atomic mass is 10.1. The van der Waals surface area contributed by atoms with Crippen LogP contribution in [-0.4, -0.2) is 19.1 Å². The molecule has 0 heterocycles. The van der Waals surface area contributed by atoms with E-state index in [-0.39, 0.29) is 5.91 Å². The quantitative estimate of drug-likeness (QED) is 0.550. The second-order valence-corrected chi connectivity index (χ2v) is 7.13. The molecule has 0 unspecified atom stereocenters. The highest BCUT2D eigenvalue weighted by molar-refractivity contribution is 9.10. The molecule has 4 heteroatoms. The zero-order valence-electron chi connectivity index (χ0n) is 15.0. The summed E-state index contributed by atoms with van der Waals surface area (Å²) in [7, 11) is 0. The highest BCUT2D eigenvalue weighted by Gasteiger charge is 2.13. The topological polar surface area (TPSA) is 38.3 Å². The van der Waals surface area contributed by atoms with Crippen molar-refractivity contribution in [2.45, 2.75) is 12.8 Å². The largest absolute Gasteiger partial charge is 0.492 e. The van der Waals surface area contributed by atoms with Crippen LogP contribution in [0.1, 0.15) is 21.5 Å². The predicted octanol–water partition coefficient (Wildman–Crippen LogP) is 5.04. The Morgan fingerprint density at radius 1 is 0.852 bits per heavy atom. The van der Waals surface area contributed by atoms with Crippen molar-refractivity contribution in [1.29, 1.82) is 0 Å². The molecule has 3 aromatic carbocycles. The Hall–Kier alpha value is -2.59. The van der Waals surface area contributed by atoms with E-state index in [1.54, 1.807) is 6.07 Å². The molecular formula is C23H22BrNO2. The first kappa shape index (κ1) is 19.2. The smallest absolute Gasteiger partial charge is 0.255 e. The Balaban J connectivity index is 1.58. The number of carbonyl (C=O) groups excluding carboxylic acids is 1. The molecule has 0 saturated carbocycles. The number of rotatable bonds is 8. The van der Waals surface area contributed by atoms with E-state index in [0.717, 1.165) is 17.3 Å². The first-order valence-electron chi connectivity index (χ1n) is 9.01. The van der Waals surface area contributed by atoms with Gasteiger partial charge in [0.15, 0.2) is 0 Å². The molecule has 0 saturated heterocycles. The highest BCUT2D eigenvalue weighted by Crippen LogP contribution is 2.23. The molecule has 0 aliphatic carbocycles. The fourth-order valence-corrected chi connectivity index (χ4v) is 3.15. The Morgan fingerprint density at radius 2 is 1.48 bits per heavy atom. The van der Waals surface area contributed by atoms with Crippen LogP contribution in [-0.2, 0) is 12.8 Å². The van der Waals surface area contributed by atoms with E-state index in [0.29, 0.717) is 24.5 Å². The SMILES string of the molecule is O=C(NCCc1ccccc1)c1cc(Br)ccc1OCCc1ccccc1. The van der Waals surface area contributed by atoms with E-state index in [9.17, 15) is 4.79 Å². The van der Waals surface area contributed by atoms with Crippen molar-refractivity contribution < 1.29 is 9.53 Å². The fraction of sp³-hybridized carbons (Fsp3) is 0.174. The monoisotopic (exact) mass is 423 g/mol. The van der Waals surface area contributed by atoms with Crippen LogP contribution in [0.4, 0.5) is 0 Å². The van der Waals surface area contributed by atoms with Crippen LogP contribution in [0.25, 0.3) is 0 Å². The predicted molar refractivity (Wildman–Crippen MR) is 112 cm³/mol. The number of carbonyl (C=O) groups is 1. The molecule has 0 radical (unpaired) electrons. The molecule has 3 aromatic rings. The molecule has 3 rings (SSSR count). The summed E-state index contributed by atoms with van der Waals surface area (Å²) in [5, 5.41) is 2.98. The summed E-state index contributed by atoms with van der Waals surface area (Å²) in [4.78, 5) is 12.6. The molecule has 0 spiro atoms. The maximum absolute atomic E-state index is 12.6. The van der Waals surface area contributed by atoms with E-state index in [1.165, 1.54) is 11.1 Å². The molecule has 0 atom stereocenters. The van der Waals surface area contributed by atoms with Crippen molar-refractivity contribution in [3.63, 3.8) is 0 Å². The van der Waals surface area contributed by atoms with Gasteiger partial charge in [0.05, 0.1) is 12.2 Å². The minimum atomic E-state index is -0.123. The third-order valence-electron chi connectivity index (χ3n) is 4.22. The first-order chi connectivity index (χ1) is 13.2. The van der Waals surface area contributed by atoms with Crippen LogP contribution >= 0.6 is 15.9 Å². The molecule has 0 aliphatic heterocycles. The van der Waals surface area contributed by atoms with Gasteiger partial charge >= 0.3 is 0 Å². The van der Waals surface area contributed by atoms with Gasteiger partial charge in [-0.2, -0.15) is 0 Å². The van der Waals surface area contributed by atoms with Gasteiger partial charge < -0.3 is 10.1 Å². The zero-order valence-corrected chi connectivity index (χ0v) is 16.6. The van der Waals surface area contributed by atoms with Gasteiger partial charge in [-0.1, -0.05) is 76.6 Å². The molecule has 0 bridgehead atoms. The van der Waals surface area contributed by atoms with Crippen LogP contribution in [0.2, 0.25) is 0 Å². The zero-order chi connectivity index (χ0) is 18.9. The Morgan fingerprint density at radius 3 is 2.15 bits per heavy atom. The van der Waals surface area contributed by atoms with Crippen molar-refractivity contribution in [3.05, 3.63) is 100 Å². The summed E-state index contributed by atoms with van der Waals surface area (Å²) in [5.41, 5.74) is 2.96.